The van der Waals surface area contributed by atoms with Gasteiger partial charge in [0.2, 0.25) is 0 Å². The van der Waals surface area contributed by atoms with Gasteiger partial charge in [-0.1, -0.05) is 41.5 Å². The summed E-state index contributed by atoms with van der Waals surface area (Å²) in [7, 11) is 6.42. The van der Waals surface area contributed by atoms with E-state index in [9.17, 15) is 9.90 Å². The summed E-state index contributed by atoms with van der Waals surface area (Å²) in [5.74, 6) is -2.02. The summed E-state index contributed by atoms with van der Waals surface area (Å²) in [6.45, 7) is 16.8. The van der Waals surface area contributed by atoms with Crippen LogP contribution in [0.5, 0.6) is 0 Å². The van der Waals surface area contributed by atoms with Crippen LogP contribution in [0.25, 0.3) is 0 Å². The SMILES string of the molecule is CC[C@@]1([C@@H]2O[C@@H]([C@H]3O[C@](CO)(OC)[C@H](C)C[C@@H]3C)C[C@@H]2C)CC[C@H]([C@]2(C)CC[C@]3(C[C@H](OC)[C@@H](C)[C@@H]([C@@H](C)[C@@H](OC)[C@H](C)C(=O)OC)O3)O2)O1. The molecule has 5 rings (SSSR count). The minimum atomic E-state index is -1.01. The van der Waals surface area contributed by atoms with Crippen molar-refractivity contribution < 1.29 is 52.5 Å². The van der Waals surface area contributed by atoms with E-state index < -0.39 is 34.8 Å². The fraction of sp³-hybridized carbons (Fsp3) is 0.974. The third kappa shape index (κ3) is 7.06. The van der Waals surface area contributed by atoms with Gasteiger partial charge in [-0.05, 0) is 64.2 Å². The highest BCUT2D eigenvalue weighted by molar-refractivity contribution is 5.72. The summed E-state index contributed by atoms with van der Waals surface area (Å²) < 4.78 is 57.7. The Labute approximate surface area is 301 Å². The van der Waals surface area contributed by atoms with E-state index in [0.717, 1.165) is 44.9 Å². The number of aliphatic hydroxyl groups is 1. The maximum Gasteiger partial charge on any atom is 0.311 e. The van der Waals surface area contributed by atoms with Crippen LogP contribution in [-0.4, -0.2) is 112 Å². The first kappa shape index (κ1) is 40.3. The molecule has 11 nitrogen and oxygen atoms in total. The molecule has 5 heterocycles. The fourth-order valence-electron chi connectivity index (χ4n) is 10.7. The van der Waals surface area contributed by atoms with Gasteiger partial charge in [0.15, 0.2) is 11.6 Å². The summed E-state index contributed by atoms with van der Waals surface area (Å²) in [6, 6.07) is 0. The van der Waals surface area contributed by atoms with Crippen LogP contribution in [0.15, 0.2) is 0 Å². The quantitative estimate of drug-likeness (QED) is 0.252. The molecule has 50 heavy (non-hydrogen) atoms. The molecule has 0 amide bonds. The monoisotopic (exact) mass is 712 g/mol. The van der Waals surface area contributed by atoms with Gasteiger partial charge in [0.1, 0.15) is 0 Å². The van der Waals surface area contributed by atoms with Gasteiger partial charge in [-0.25, -0.2) is 0 Å². The first-order valence-corrected chi connectivity index (χ1v) is 19.3. The molecule has 11 heteroatoms. The number of hydrogen-bond donors (Lipinski definition) is 1. The van der Waals surface area contributed by atoms with Crippen LogP contribution < -0.4 is 0 Å². The first-order chi connectivity index (χ1) is 23.6. The molecule has 0 unspecified atom stereocenters. The van der Waals surface area contributed by atoms with Gasteiger partial charge in [-0.15, -0.1) is 0 Å². The number of carbonyl (C=O) groups is 1. The molecule has 0 aromatic rings. The second-order valence-corrected chi connectivity index (χ2v) is 16.9. The van der Waals surface area contributed by atoms with E-state index in [1.807, 2.05) is 6.92 Å². The first-order valence-electron chi connectivity index (χ1n) is 19.3. The summed E-state index contributed by atoms with van der Waals surface area (Å²) in [6.07, 6.45) is 5.29. The number of rotatable bonds is 12. The van der Waals surface area contributed by atoms with Crippen LogP contribution in [0.2, 0.25) is 0 Å². The Morgan fingerprint density at radius 2 is 1.68 bits per heavy atom. The zero-order valence-corrected chi connectivity index (χ0v) is 32.9. The number of esters is 1. The lowest BCUT2D eigenvalue weighted by Gasteiger charge is -2.49. The third-order valence-electron chi connectivity index (χ3n) is 13.8. The second-order valence-electron chi connectivity index (χ2n) is 16.9. The highest BCUT2D eigenvalue weighted by Crippen LogP contribution is 2.55. The lowest BCUT2D eigenvalue weighted by Crippen LogP contribution is -2.57. The molecule has 1 N–H and O–H groups in total. The van der Waals surface area contributed by atoms with E-state index in [-0.39, 0.29) is 78.8 Å². The van der Waals surface area contributed by atoms with Crippen molar-refractivity contribution in [1.29, 1.82) is 0 Å². The molecule has 17 atom stereocenters. The predicted octanol–water partition coefficient (Wildman–Crippen LogP) is 5.67. The topological polar surface area (TPSA) is 120 Å². The van der Waals surface area contributed by atoms with Gasteiger partial charge < -0.3 is 47.7 Å². The van der Waals surface area contributed by atoms with Gasteiger partial charge in [0, 0.05) is 51.9 Å². The van der Waals surface area contributed by atoms with Crippen molar-refractivity contribution in [2.24, 2.45) is 35.5 Å². The fourth-order valence-corrected chi connectivity index (χ4v) is 10.7. The molecular weight excluding hydrogens is 644 g/mol. The van der Waals surface area contributed by atoms with Crippen LogP contribution >= 0.6 is 0 Å². The molecule has 1 spiro atoms. The minimum Gasteiger partial charge on any atom is -0.469 e. The van der Waals surface area contributed by atoms with Crippen molar-refractivity contribution in [3.63, 3.8) is 0 Å². The molecule has 5 saturated heterocycles. The van der Waals surface area contributed by atoms with Gasteiger partial charge in [0.25, 0.3) is 0 Å². The predicted molar refractivity (Wildman–Crippen MR) is 186 cm³/mol. The molecule has 0 aliphatic carbocycles. The van der Waals surface area contributed by atoms with Gasteiger partial charge >= 0.3 is 5.97 Å². The van der Waals surface area contributed by atoms with Crippen LogP contribution in [0.1, 0.15) is 107 Å². The van der Waals surface area contributed by atoms with E-state index in [2.05, 4.69) is 48.5 Å². The highest BCUT2D eigenvalue weighted by Gasteiger charge is 2.62. The van der Waals surface area contributed by atoms with Crippen LogP contribution in [0.4, 0.5) is 0 Å². The Morgan fingerprint density at radius 1 is 0.960 bits per heavy atom. The summed E-state index contributed by atoms with van der Waals surface area (Å²) in [5, 5.41) is 10.3. The smallest absolute Gasteiger partial charge is 0.311 e. The summed E-state index contributed by atoms with van der Waals surface area (Å²) in [4.78, 5) is 12.5. The van der Waals surface area contributed by atoms with Crippen LogP contribution in [0, 0.1) is 35.5 Å². The number of carbonyl (C=O) groups excluding carboxylic acids is 1. The lowest BCUT2D eigenvalue weighted by molar-refractivity contribution is -0.338. The lowest BCUT2D eigenvalue weighted by atomic mass is 9.78. The molecular formula is C39H68O11. The normalized spacial score (nSPS) is 48.5. The van der Waals surface area contributed by atoms with Gasteiger partial charge in [0.05, 0.1) is 73.6 Å². The van der Waals surface area contributed by atoms with Crippen molar-refractivity contribution in [3.8, 4) is 0 Å². The van der Waals surface area contributed by atoms with Crippen molar-refractivity contribution in [2.45, 2.75) is 172 Å². The maximum absolute atomic E-state index is 12.5. The molecule has 0 aromatic carbocycles. The Hall–Kier alpha value is -0.890. The Bertz CT molecular complexity index is 1150. The Balaban J connectivity index is 1.30. The van der Waals surface area contributed by atoms with Gasteiger partial charge in [-0.3, -0.25) is 4.79 Å². The molecule has 5 aliphatic heterocycles. The highest BCUT2D eigenvalue weighted by atomic mass is 16.7. The van der Waals surface area contributed by atoms with Crippen molar-refractivity contribution >= 4 is 5.97 Å². The molecule has 0 bridgehead atoms. The largest absolute Gasteiger partial charge is 0.469 e. The third-order valence-corrected chi connectivity index (χ3v) is 13.8. The van der Waals surface area contributed by atoms with E-state index in [4.69, 9.17) is 42.6 Å². The minimum absolute atomic E-state index is 0.0634. The molecule has 5 fully saturated rings. The maximum atomic E-state index is 12.5. The number of hydrogen-bond acceptors (Lipinski definition) is 11. The Kier molecular flexibility index (Phi) is 12.5. The summed E-state index contributed by atoms with van der Waals surface area (Å²) >= 11 is 0. The molecule has 290 valence electrons. The molecule has 5 aliphatic rings. The average molecular weight is 713 g/mol. The molecule has 0 radical (unpaired) electrons. The van der Waals surface area contributed by atoms with E-state index in [1.54, 1.807) is 21.3 Å². The molecule has 0 saturated carbocycles. The zero-order valence-electron chi connectivity index (χ0n) is 32.9. The average Bonchev–Trinajstić information content (AvgIpc) is 3.82. The Morgan fingerprint density at radius 3 is 2.28 bits per heavy atom. The van der Waals surface area contributed by atoms with Crippen molar-refractivity contribution in [2.75, 3.05) is 35.0 Å². The zero-order chi connectivity index (χ0) is 36.8. The van der Waals surface area contributed by atoms with Crippen molar-refractivity contribution in [3.05, 3.63) is 0 Å². The number of ether oxygens (including phenoxy) is 9. The standard InChI is InChI=1S/C39H68O11/c1-13-37(34-23(3)19-28(46-34)31-22(2)18-24(4)39(21-40,45-12)49-31)15-14-30(47-37)36(8)16-17-38(50-36)20-29(42-9)25(5)33(48-38)26(6)32(43-10)27(7)35(41)44-11/h22-34,40H,13-21H2,1-12H3/t22-,23-,24+,25+,26-,27-,28+,29-,30+,31-,32+,33-,34+,36-,37-,38+,39-/m0/s1. The van der Waals surface area contributed by atoms with Crippen LogP contribution in [0.3, 0.4) is 0 Å². The van der Waals surface area contributed by atoms with Crippen molar-refractivity contribution in [1.82, 2.24) is 0 Å². The number of aliphatic hydroxyl groups excluding tert-OH is 1. The van der Waals surface area contributed by atoms with E-state index >= 15 is 0 Å². The van der Waals surface area contributed by atoms with Crippen LogP contribution in [-0.2, 0) is 47.4 Å². The number of methoxy groups -OCH3 is 4. The van der Waals surface area contributed by atoms with E-state index in [1.165, 1.54) is 7.11 Å². The summed E-state index contributed by atoms with van der Waals surface area (Å²) in [5.41, 5.74) is -0.994. The van der Waals surface area contributed by atoms with Gasteiger partial charge in [-0.2, -0.15) is 0 Å². The molecule has 0 aromatic heterocycles. The van der Waals surface area contributed by atoms with E-state index in [0.29, 0.717) is 6.42 Å². The second kappa shape index (κ2) is 15.5.